The molecule has 0 radical (unpaired) electrons. The summed E-state index contributed by atoms with van der Waals surface area (Å²) in [6.07, 6.45) is 7.55. The van der Waals surface area contributed by atoms with Gasteiger partial charge in [0.2, 0.25) is 11.8 Å². The fourth-order valence-corrected chi connectivity index (χ4v) is 2.86. The van der Waals surface area contributed by atoms with Crippen molar-refractivity contribution in [3.05, 3.63) is 0 Å². The number of hydrogen-bond acceptors (Lipinski definition) is 3. The molecule has 2 rings (SSSR count). The van der Waals surface area contributed by atoms with Crippen LogP contribution >= 0.6 is 0 Å². The van der Waals surface area contributed by atoms with Gasteiger partial charge in [-0.2, -0.15) is 0 Å². The van der Waals surface area contributed by atoms with Crippen LogP contribution in [0.3, 0.4) is 0 Å². The van der Waals surface area contributed by atoms with Gasteiger partial charge in [-0.1, -0.05) is 12.8 Å². The molecule has 2 aliphatic rings. The minimum Gasteiger partial charge on any atom is -0.354 e. The molecule has 1 aliphatic carbocycles. The van der Waals surface area contributed by atoms with E-state index >= 15 is 0 Å². The summed E-state index contributed by atoms with van der Waals surface area (Å²) in [6.45, 7) is 2.61. The van der Waals surface area contributed by atoms with Gasteiger partial charge in [0.15, 0.2) is 0 Å². The number of likely N-dealkylation sites (tertiary alicyclic amines) is 1. The van der Waals surface area contributed by atoms with Crippen LogP contribution in [0.1, 0.15) is 44.9 Å². The standard InChI is InChI=1S/C14H25N3O2/c18-13(11-16-12-5-1-2-6-12)15-8-7-14(19)17-9-3-4-10-17/h12,16H,1-11H2,(H,15,18). The van der Waals surface area contributed by atoms with Crippen molar-refractivity contribution < 1.29 is 9.59 Å². The first-order valence-corrected chi connectivity index (χ1v) is 7.53. The molecule has 1 saturated heterocycles. The first-order valence-electron chi connectivity index (χ1n) is 7.53. The second kappa shape index (κ2) is 7.48. The first kappa shape index (κ1) is 14.3. The van der Waals surface area contributed by atoms with Crippen molar-refractivity contribution in [3.63, 3.8) is 0 Å². The summed E-state index contributed by atoms with van der Waals surface area (Å²) in [5.74, 6) is 0.169. The van der Waals surface area contributed by atoms with Crippen LogP contribution in [-0.4, -0.2) is 48.9 Å². The summed E-state index contributed by atoms with van der Waals surface area (Å²) in [5, 5.41) is 6.08. The van der Waals surface area contributed by atoms with Gasteiger partial charge < -0.3 is 15.5 Å². The van der Waals surface area contributed by atoms with Crippen LogP contribution in [0.25, 0.3) is 0 Å². The molecule has 5 heteroatoms. The van der Waals surface area contributed by atoms with Gasteiger partial charge in [-0.25, -0.2) is 0 Å². The molecule has 0 aromatic heterocycles. The molecule has 2 N–H and O–H groups in total. The largest absolute Gasteiger partial charge is 0.354 e. The number of amides is 2. The maximum absolute atomic E-state index is 11.8. The van der Waals surface area contributed by atoms with Gasteiger partial charge in [0.25, 0.3) is 0 Å². The molecule has 0 spiro atoms. The van der Waals surface area contributed by atoms with E-state index in [2.05, 4.69) is 10.6 Å². The van der Waals surface area contributed by atoms with E-state index in [1.54, 1.807) is 0 Å². The van der Waals surface area contributed by atoms with Crippen LogP contribution in [0.4, 0.5) is 0 Å². The summed E-state index contributed by atoms with van der Waals surface area (Å²) < 4.78 is 0. The smallest absolute Gasteiger partial charge is 0.233 e. The van der Waals surface area contributed by atoms with Crippen molar-refractivity contribution in [3.8, 4) is 0 Å². The Bertz CT molecular complexity index is 308. The Hall–Kier alpha value is -1.10. The first-order chi connectivity index (χ1) is 9.25. The van der Waals surface area contributed by atoms with E-state index in [1.165, 1.54) is 25.7 Å². The highest BCUT2D eigenvalue weighted by Crippen LogP contribution is 2.17. The molecule has 1 aliphatic heterocycles. The zero-order chi connectivity index (χ0) is 13.5. The number of carbonyl (C=O) groups excluding carboxylic acids is 2. The second-order valence-electron chi connectivity index (χ2n) is 5.55. The molecule has 1 heterocycles. The van der Waals surface area contributed by atoms with Crippen molar-refractivity contribution >= 4 is 11.8 Å². The minimum atomic E-state index is 0.00104. The highest BCUT2D eigenvalue weighted by atomic mass is 16.2. The molecule has 5 nitrogen and oxygen atoms in total. The molecule has 0 bridgehead atoms. The van der Waals surface area contributed by atoms with Gasteiger partial charge in [-0.05, 0) is 25.7 Å². The molecular formula is C14H25N3O2. The normalized spacial score (nSPS) is 19.9. The van der Waals surface area contributed by atoms with Crippen LogP contribution < -0.4 is 10.6 Å². The van der Waals surface area contributed by atoms with Crippen LogP contribution in [-0.2, 0) is 9.59 Å². The lowest BCUT2D eigenvalue weighted by atomic mass is 10.2. The molecule has 19 heavy (non-hydrogen) atoms. The van der Waals surface area contributed by atoms with Gasteiger partial charge in [-0.3, -0.25) is 9.59 Å². The quantitative estimate of drug-likeness (QED) is 0.743. The van der Waals surface area contributed by atoms with E-state index in [-0.39, 0.29) is 11.8 Å². The van der Waals surface area contributed by atoms with E-state index in [1.807, 2.05) is 4.90 Å². The molecule has 2 amide bonds. The zero-order valence-electron chi connectivity index (χ0n) is 11.6. The summed E-state index contributed by atoms with van der Waals surface area (Å²) in [4.78, 5) is 25.2. The lowest BCUT2D eigenvalue weighted by molar-refractivity contribution is -0.130. The molecule has 108 valence electrons. The van der Waals surface area contributed by atoms with E-state index in [0.717, 1.165) is 25.9 Å². The van der Waals surface area contributed by atoms with Crippen molar-refractivity contribution in [1.29, 1.82) is 0 Å². The number of rotatable bonds is 6. The van der Waals surface area contributed by atoms with Gasteiger partial charge in [-0.15, -0.1) is 0 Å². The summed E-state index contributed by atoms with van der Waals surface area (Å²) >= 11 is 0. The lowest BCUT2D eigenvalue weighted by Gasteiger charge is -2.15. The molecule has 0 aromatic carbocycles. The fraction of sp³-hybridized carbons (Fsp3) is 0.857. The predicted octanol–water partition coefficient (Wildman–Crippen LogP) is 0.647. The molecule has 0 atom stereocenters. The Balaban J connectivity index is 1.52. The van der Waals surface area contributed by atoms with E-state index in [9.17, 15) is 9.59 Å². The number of nitrogens with zero attached hydrogens (tertiary/aromatic N) is 1. The van der Waals surface area contributed by atoms with Crippen molar-refractivity contribution in [2.45, 2.75) is 51.0 Å². The average Bonchev–Trinajstić information content (AvgIpc) is 3.09. The Labute approximate surface area is 115 Å². The predicted molar refractivity (Wildman–Crippen MR) is 73.7 cm³/mol. The summed E-state index contributed by atoms with van der Waals surface area (Å²) in [7, 11) is 0. The fourth-order valence-electron chi connectivity index (χ4n) is 2.86. The van der Waals surface area contributed by atoms with Crippen LogP contribution in [0.15, 0.2) is 0 Å². The monoisotopic (exact) mass is 267 g/mol. The Morgan fingerprint density at radius 2 is 1.74 bits per heavy atom. The number of hydrogen-bond donors (Lipinski definition) is 2. The lowest BCUT2D eigenvalue weighted by Crippen LogP contribution is -2.39. The average molecular weight is 267 g/mol. The van der Waals surface area contributed by atoms with Crippen LogP contribution in [0, 0.1) is 0 Å². The van der Waals surface area contributed by atoms with Gasteiger partial charge in [0.05, 0.1) is 6.54 Å². The van der Waals surface area contributed by atoms with E-state index < -0.39 is 0 Å². The topological polar surface area (TPSA) is 61.4 Å². The Kier molecular flexibility index (Phi) is 5.63. The SMILES string of the molecule is O=C(CNC1CCCC1)NCCC(=O)N1CCCC1. The molecule has 0 unspecified atom stereocenters. The third-order valence-electron chi connectivity index (χ3n) is 4.03. The van der Waals surface area contributed by atoms with Crippen LogP contribution in [0.2, 0.25) is 0 Å². The van der Waals surface area contributed by atoms with Gasteiger partial charge in [0, 0.05) is 32.1 Å². The molecular weight excluding hydrogens is 242 g/mol. The molecule has 0 aromatic rings. The third-order valence-corrected chi connectivity index (χ3v) is 4.03. The van der Waals surface area contributed by atoms with Gasteiger partial charge >= 0.3 is 0 Å². The highest BCUT2D eigenvalue weighted by Gasteiger charge is 2.18. The highest BCUT2D eigenvalue weighted by molar-refractivity contribution is 5.80. The van der Waals surface area contributed by atoms with Gasteiger partial charge in [0.1, 0.15) is 0 Å². The van der Waals surface area contributed by atoms with Crippen molar-refractivity contribution in [2.24, 2.45) is 0 Å². The van der Waals surface area contributed by atoms with E-state index in [4.69, 9.17) is 0 Å². The minimum absolute atomic E-state index is 0.00104. The maximum atomic E-state index is 11.8. The summed E-state index contributed by atoms with van der Waals surface area (Å²) in [5.41, 5.74) is 0. The maximum Gasteiger partial charge on any atom is 0.233 e. The number of carbonyl (C=O) groups is 2. The molecule has 2 fully saturated rings. The summed E-state index contributed by atoms with van der Waals surface area (Å²) in [6, 6.07) is 0.511. The Morgan fingerprint density at radius 3 is 2.42 bits per heavy atom. The van der Waals surface area contributed by atoms with E-state index in [0.29, 0.717) is 25.6 Å². The zero-order valence-corrected chi connectivity index (χ0v) is 11.6. The molecule has 1 saturated carbocycles. The van der Waals surface area contributed by atoms with Crippen molar-refractivity contribution in [2.75, 3.05) is 26.2 Å². The third kappa shape index (κ3) is 4.82. The number of nitrogens with one attached hydrogen (secondary N) is 2. The Morgan fingerprint density at radius 1 is 1.05 bits per heavy atom. The van der Waals surface area contributed by atoms with Crippen molar-refractivity contribution in [1.82, 2.24) is 15.5 Å². The van der Waals surface area contributed by atoms with Crippen LogP contribution in [0.5, 0.6) is 0 Å². The second-order valence-corrected chi connectivity index (χ2v) is 5.55.